The third-order valence-electron chi connectivity index (χ3n) is 3.20. The Morgan fingerprint density at radius 1 is 0.917 bits per heavy atom. The van der Waals surface area contributed by atoms with Crippen molar-refractivity contribution in [3.8, 4) is 0 Å². The van der Waals surface area contributed by atoms with E-state index in [0.29, 0.717) is 33.1 Å². The number of hydrogen-bond donors (Lipinski definition) is 3. The number of nitrogens with one attached hydrogen (secondary N) is 2. The first-order valence-corrected chi connectivity index (χ1v) is 8.43. The number of aromatic nitrogens is 2. The molecule has 0 saturated carbocycles. The van der Waals surface area contributed by atoms with E-state index >= 15 is 0 Å². The number of anilines is 5. The Bertz CT molecular complexity index is 871. The highest BCUT2D eigenvalue weighted by atomic mass is 79.9. The molecule has 122 valence electrons. The van der Waals surface area contributed by atoms with E-state index in [4.69, 9.17) is 28.9 Å². The van der Waals surface area contributed by atoms with E-state index in [1.807, 2.05) is 24.3 Å². The molecule has 1 heterocycles. The van der Waals surface area contributed by atoms with Gasteiger partial charge < -0.3 is 16.4 Å². The second kappa shape index (κ2) is 7.25. The lowest BCUT2D eigenvalue weighted by Gasteiger charge is -2.13. The van der Waals surface area contributed by atoms with Crippen LogP contribution in [0.5, 0.6) is 0 Å². The number of nitrogens with two attached hydrogens (primary N) is 1. The summed E-state index contributed by atoms with van der Waals surface area (Å²) in [6, 6.07) is 12.9. The number of benzene rings is 2. The number of rotatable bonds is 4. The van der Waals surface area contributed by atoms with Gasteiger partial charge in [0.15, 0.2) is 11.6 Å². The van der Waals surface area contributed by atoms with Gasteiger partial charge in [-0.2, -0.15) is 0 Å². The van der Waals surface area contributed by atoms with Gasteiger partial charge in [-0.25, -0.2) is 9.97 Å². The minimum absolute atomic E-state index is 0.372. The molecule has 3 rings (SSSR count). The van der Waals surface area contributed by atoms with Crippen molar-refractivity contribution >= 4 is 67.8 Å². The number of nitrogen functional groups attached to an aromatic ring is 1. The summed E-state index contributed by atoms with van der Waals surface area (Å²) >= 11 is 15.6. The average molecular weight is 425 g/mol. The summed E-state index contributed by atoms with van der Waals surface area (Å²) in [4.78, 5) is 8.34. The smallest absolute Gasteiger partial charge is 0.159 e. The van der Waals surface area contributed by atoms with E-state index in [2.05, 4.69) is 36.5 Å². The van der Waals surface area contributed by atoms with Crippen LogP contribution in [0, 0.1) is 0 Å². The molecule has 0 amide bonds. The Morgan fingerprint density at radius 3 is 2.29 bits per heavy atom. The molecule has 0 radical (unpaired) electrons. The highest BCUT2D eigenvalue weighted by Gasteiger charge is 2.11. The maximum Gasteiger partial charge on any atom is 0.159 e. The predicted octanol–water partition coefficient (Wildman–Crippen LogP) is 5.62. The van der Waals surface area contributed by atoms with Gasteiger partial charge in [0.1, 0.15) is 12.0 Å². The molecule has 0 saturated heterocycles. The molecule has 0 atom stereocenters. The van der Waals surface area contributed by atoms with Crippen LogP contribution in [0.25, 0.3) is 0 Å². The van der Waals surface area contributed by atoms with Crippen molar-refractivity contribution in [2.45, 2.75) is 0 Å². The summed E-state index contributed by atoms with van der Waals surface area (Å²) in [5.74, 6) is 0.932. The fraction of sp³-hybridized carbons (Fsp3) is 0. The SMILES string of the molecule is Nc1c(Nc2ccc(Br)cc2)ncnc1Nc1cccc(Cl)c1Cl. The zero-order valence-corrected chi connectivity index (χ0v) is 15.3. The zero-order chi connectivity index (χ0) is 17.1. The summed E-state index contributed by atoms with van der Waals surface area (Å²) < 4.78 is 0.988. The maximum atomic E-state index is 6.18. The molecule has 0 aliphatic carbocycles. The van der Waals surface area contributed by atoms with Gasteiger partial charge in [-0.05, 0) is 36.4 Å². The van der Waals surface area contributed by atoms with E-state index in [0.717, 1.165) is 10.2 Å². The minimum atomic E-state index is 0.372. The van der Waals surface area contributed by atoms with Crippen molar-refractivity contribution in [3.05, 3.63) is 63.3 Å². The Balaban J connectivity index is 1.88. The molecule has 8 heteroatoms. The number of hydrogen-bond acceptors (Lipinski definition) is 5. The Morgan fingerprint density at radius 2 is 1.58 bits per heavy atom. The van der Waals surface area contributed by atoms with Crippen LogP contribution >= 0.6 is 39.1 Å². The molecular formula is C16H12BrCl2N5. The molecular weight excluding hydrogens is 413 g/mol. The van der Waals surface area contributed by atoms with Crippen LogP contribution in [0.15, 0.2) is 53.3 Å². The third-order valence-corrected chi connectivity index (χ3v) is 4.54. The third kappa shape index (κ3) is 3.72. The van der Waals surface area contributed by atoms with Crippen molar-refractivity contribution < 1.29 is 0 Å². The van der Waals surface area contributed by atoms with Gasteiger partial charge in [-0.15, -0.1) is 0 Å². The van der Waals surface area contributed by atoms with Crippen LogP contribution in [0.3, 0.4) is 0 Å². The van der Waals surface area contributed by atoms with Crippen LogP contribution in [-0.4, -0.2) is 9.97 Å². The molecule has 2 aromatic carbocycles. The van der Waals surface area contributed by atoms with Crippen molar-refractivity contribution in [3.63, 3.8) is 0 Å². The first kappa shape index (κ1) is 16.8. The van der Waals surface area contributed by atoms with Crippen LogP contribution in [0.2, 0.25) is 10.0 Å². The zero-order valence-electron chi connectivity index (χ0n) is 12.2. The van der Waals surface area contributed by atoms with Gasteiger partial charge in [-0.3, -0.25) is 0 Å². The van der Waals surface area contributed by atoms with Gasteiger partial charge in [-0.1, -0.05) is 45.2 Å². The van der Waals surface area contributed by atoms with Gasteiger partial charge in [0, 0.05) is 10.2 Å². The lowest BCUT2D eigenvalue weighted by Crippen LogP contribution is -2.05. The van der Waals surface area contributed by atoms with Crippen LogP contribution in [-0.2, 0) is 0 Å². The summed E-state index contributed by atoms with van der Waals surface area (Å²) in [6.07, 6.45) is 1.42. The lowest BCUT2D eigenvalue weighted by atomic mass is 10.3. The number of halogens is 3. The molecule has 24 heavy (non-hydrogen) atoms. The van der Waals surface area contributed by atoms with E-state index in [-0.39, 0.29) is 0 Å². The molecule has 5 nitrogen and oxygen atoms in total. The summed E-state index contributed by atoms with van der Waals surface area (Å²) in [5.41, 5.74) is 8.01. The monoisotopic (exact) mass is 423 g/mol. The van der Waals surface area contributed by atoms with Gasteiger partial charge in [0.25, 0.3) is 0 Å². The van der Waals surface area contributed by atoms with Crippen LogP contribution in [0.4, 0.5) is 28.7 Å². The average Bonchev–Trinajstić information content (AvgIpc) is 2.57. The van der Waals surface area contributed by atoms with E-state index in [9.17, 15) is 0 Å². The highest BCUT2D eigenvalue weighted by Crippen LogP contribution is 2.34. The predicted molar refractivity (Wildman–Crippen MR) is 104 cm³/mol. The Hall–Kier alpha value is -2.02. The van der Waals surface area contributed by atoms with E-state index in [1.165, 1.54) is 6.33 Å². The summed E-state index contributed by atoms with van der Waals surface area (Å²) in [5, 5.41) is 7.08. The van der Waals surface area contributed by atoms with Crippen LogP contribution < -0.4 is 16.4 Å². The molecule has 0 spiro atoms. The Labute approximate surface area is 157 Å². The van der Waals surface area contributed by atoms with E-state index < -0.39 is 0 Å². The van der Waals surface area contributed by atoms with Gasteiger partial charge in [0.2, 0.25) is 0 Å². The first-order chi connectivity index (χ1) is 11.5. The van der Waals surface area contributed by atoms with Crippen molar-refractivity contribution in [1.82, 2.24) is 9.97 Å². The molecule has 0 unspecified atom stereocenters. The molecule has 1 aromatic heterocycles. The number of nitrogens with zero attached hydrogens (tertiary/aromatic N) is 2. The normalized spacial score (nSPS) is 10.5. The van der Waals surface area contributed by atoms with Crippen molar-refractivity contribution in [1.29, 1.82) is 0 Å². The van der Waals surface area contributed by atoms with Crippen molar-refractivity contribution in [2.24, 2.45) is 0 Å². The molecule has 4 N–H and O–H groups in total. The second-order valence-corrected chi connectivity index (χ2v) is 6.54. The quantitative estimate of drug-likeness (QED) is 0.507. The molecule has 3 aromatic rings. The Kier molecular flexibility index (Phi) is 5.08. The largest absolute Gasteiger partial charge is 0.393 e. The highest BCUT2D eigenvalue weighted by molar-refractivity contribution is 9.10. The standard InChI is InChI=1S/C16H12BrCl2N5/c17-9-4-6-10(7-5-9)23-15-14(20)16(22-8-21-15)24-12-3-1-2-11(18)13(12)19/h1-8H,20H2,(H2,21,22,23,24). The molecule has 0 bridgehead atoms. The van der Waals surface area contributed by atoms with Gasteiger partial charge in [0.05, 0.1) is 15.7 Å². The molecule has 0 aliphatic rings. The topological polar surface area (TPSA) is 75.9 Å². The lowest BCUT2D eigenvalue weighted by molar-refractivity contribution is 1.17. The van der Waals surface area contributed by atoms with Crippen LogP contribution in [0.1, 0.15) is 0 Å². The minimum Gasteiger partial charge on any atom is -0.393 e. The maximum absolute atomic E-state index is 6.18. The second-order valence-electron chi connectivity index (χ2n) is 4.84. The fourth-order valence-electron chi connectivity index (χ4n) is 1.99. The summed E-state index contributed by atoms with van der Waals surface area (Å²) in [7, 11) is 0. The summed E-state index contributed by atoms with van der Waals surface area (Å²) in [6.45, 7) is 0. The van der Waals surface area contributed by atoms with Gasteiger partial charge >= 0.3 is 0 Å². The first-order valence-electron chi connectivity index (χ1n) is 6.88. The van der Waals surface area contributed by atoms with Crippen molar-refractivity contribution in [2.75, 3.05) is 16.4 Å². The molecule has 0 fully saturated rings. The fourth-order valence-corrected chi connectivity index (χ4v) is 2.60. The van der Waals surface area contributed by atoms with E-state index in [1.54, 1.807) is 18.2 Å². The molecule has 0 aliphatic heterocycles.